The molecule has 5 rings (SSSR count). The largest absolute Gasteiger partial charge is 0.351 e. The summed E-state index contributed by atoms with van der Waals surface area (Å²) < 4.78 is 0. The highest BCUT2D eigenvalue weighted by Gasteiger charge is 2.52. The van der Waals surface area contributed by atoms with Crippen LogP contribution in [0.3, 0.4) is 0 Å². The molecule has 6 heteroatoms. The number of para-hydroxylation sites is 1. The van der Waals surface area contributed by atoms with E-state index in [9.17, 15) is 4.79 Å². The van der Waals surface area contributed by atoms with Crippen LogP contribution in [0.4, 0.5) is 10.6 Å². The van der Waals surface area contributed by atoms with Gasteiger partial charge >= 0.3 is 6.03 Å². The number of aromatic nitrogens is 2. The van der Waals surface area contributed by atoms with E-state index in [4.69, 9.17) is 9.97 Å². The number of rotatable bonds is 2. The highest BCUT2D eigenvalue weighted by molar-refractivity contribution is 5.92. The number of amides is 2. The van der Waals surface area contributed by atoms with E-state index < -0.39 is 0 Å². The number of carbonyl (C=O) groups is 1. The Bertz CT molecular complexity index is 998. The summed E-state index contributed by atoms with van der Waals surface area (Å²) in [7, 11) is 1.87. The maximum absolute atomic E-state index is 11.8. The minimum Gasteiger partial charge on any atom is -0.351 e. The lowest BCUT2D eigenvalue weighted by Gasteiger charge is -2.51. The Morgan fingerprint density at radius 3 is 2.46 bits per heavy atom. The van der Waals surface area contributed by atoms with Crippen LogP contribution < -0.4 is 10.2 Å². The fraction of sp³-hybridized carbons (Fsp3) is 0.250. The van der Waals surface area contributed by atoms with Gasteiger partial charge < -0.3 is 15.1 Å². The molecule has 130 valence electrons. The minimum atomic E-state index is -0.129. The van der Waals surface area contributed by atoms with Crippen molar-refractivity contribution < 1.29 is 4.79 Å². The Hall–Kier alpha value is -3.15. The SMILES string of the molecule is CN1C(=O)NCC12CN(c1nc(-c3ccccc3)nc3ccccc13)C2. The Labute approximate surface area is 151 Å². The number of fused-ring (bicyclic) bond motifs is 1. The predicted octanol–water partition coefficient (Wildman–Crippen LogP) is 2.51. The van der Waals surface area contributed by atoms with Crippen molar-refractivity contribution >= 4 is 22.8 Å². The minimum absolute atomic E-state index is 0.00201. The van der Waals surface area contributed by atoms with Crippen molar-refractivity contribution in [3.05, 3.63) is 54.6 Å². The molecule has 2 aliphatic heterocycles. The fourth-order valence-corrected chi connectivity index (χ4v) is 3.85. The van der Waals surface area contributed by atoms with Gasteiger partial charge in [0.25, 0.3) is 0 Å². The summed E-state index contributed by atoms with van der Waals surface area (Å²) in [6.07, 6.45) is 0. The van der Waals surface area contributed by atoms with E-state index in [1.807, 2.05) is 60.5 Å². The van der Waals surface area contributed by atoms with Crippen LogP contribution in [-0.2, 0) is 0 Å². The first-order valence-electron chi connectivity index (χ1n) is 8.75. The molecule has 0 bridgehead atoms. The van der Waals surface area contributed by atoms with Crippen LogP contribution in [0.5, 0.6) is 0 Å². The first-order valence-corrected chi connectivity index (χ1v) is 8.75. The highest BCUT2D eigenvalue weighted by Crippen LogP contribution is 2.36. The number of nitrogens with one attached hydrogen (secondary N) is 1. The third-order valence-electron chi connectivity index (χ3n) is 5.47. The molecular weight excluding hydrogens is 326 g/mol. The molecule has 2 aliphatic rings. The summed E-state index contributed by atoms with van der Waals surface area (Å²) in [5.41, 5.74) is 1.81. The van der Waals surface area contributed by atoms with E-state index in [0.29, 0.717) is 6.54 Å². The van der Waals surface area contributed by atoms with Gasteiger partial charge in [0.05, 0.1) is 11.1 Å². The van der Waals surface area contributed by atoms with Crippen molar-refractivity contribution in [2.45, 2.75) is 5.54 Å². The monoisotopic (exact) mass is 345 g/mol. The molecule has 1 spiro atoms. The van der Waals surface area contributed by atoms with Crippen LogP contribution in [0.25, 0.3) is 22.3 Å². The lowest BCUT2D eigenvalue weighted by Crippen LogP contribution is -2.69. The number of hydrogen-bond acceptors (Lipinski definition) is 4. The van der Waals surface area contributed by atoms with E-state index in [1.54, 1.807) is 0 Å². The Morgan fingerprint density at radius 1 is 1.00 bits per heavy atom. The Morgan fingerprint density at radius 2 is 1.73 bits per heavy atom. The van der Waals surface area contributed by atoms with E-state index in [0.717, 1.165) is 41.2 Å². The van der Waals surface area contributed by atoms with E-state index in [-0.39, 0.29) is 11.6 Å². The van der Waals surface area contributed by atoms with E-state index in [1.165, 1.54) is 0 Å². The van der Waals surface area contributed by atoms with Crippen LogP contribution in [-0.4, -0.2) is 53.1 Å². The predicted molar refractivity (Wildman–Crippen MR) is 101 cm³/mol. The standard InChI is InChI=1S/C20H19N5O/c1-24-19(26)21-11-20(24)12-25(13-20)18-15-9-5-6-10-16(15)22-17(23-18)14-7-3-2-4-8-14/h2-10H,11-13H2,1H3,(H,21,26). The third-order valence-corrected chi connectivity index (χ3v) is 5.47. The molecule has 1 aromatic heterocycles. The lowest BCUT2D eigenvalue weighted by atomic mass is 9.89. The molecule has 0 radical (unpaired) electrons. The van der Waals surface area contributed by atoms with Gasteiger partial charge in [-0.15, -0.1) is 0 Å². The number of benzene rings is 2. The van der Waals surface area contributed by atoms with Gasteiger partial charge in [-0.25, -0.2) is 14.8 Å². The summed E-state index contributed by atoms with van der Waals surface area (Å²) >= 11 is 0. The van der Waals surface area contributed by atoms with E-state index >= 15 is 0 Å². The third kappa shape index (κ3) is 2.15. The molecule has 3 heterocycles. The van der Waals surface area contributed by atoms with Crippen molar-refractivity contribution in [3.8, 4) is 11.4 Å². The van der Waals surface area contributed by atoms with E-state index in [2.05, 4.69) is 16.3 Å². The molecule has 2 saturated heterocycles. The second kappa shape index (κ2) is 5.42. The van der Waals surface area contributed by atoms with Crippen LogP contribution in [0.1, 0.15) is 0 Å². The van der Waals surface area contributed by atoms with Crippen molar-refractivity contribution in [3.63, 3.8) is 0 Å². The summed E-state index contributed by atoms with van der Waals surface area (Å²) in [5, 5.41) is 3.98. The van der Waals surface area contributed by atoms with Crippen molar-refractivity contribution in [1.29, 1.82) is 0 Å². The van der Waals surface area contributed by atoms with Crippen LogP contribution in [0.2, 0.25) is 0 Å². The number of hydrogen-bond donors (Lipinski definition) is 1. The number of anilines is 1. The second-order valence-corrected chi connectivity index (χ2v) is 7.05. The van der Waals surface area contributed by atoms with Gasteiger partial charge in [-0.05, 0) is 12.1 Å². The summed E-state index contributed by atoms with van der Waals surface area (Å²) in [6.45, 7) is 2.24. The second-order valence-electron chi connectivity index (χ2n) is 7.05. The number of carbonyl (C=O) groups excluding carboxylic acids is 1. The van der Waals surface area contributed by atoms with Gasteiger partial charge in [-0.2, -0.15) is 0 Å². The number of urea groups is 1. The zero-order valence-corrected chi connectivity index (χ0v) is 14.5. The van der Waals surface area contributed by atoms with Crippen molar-refractivity contribution in [1.82, 2.24) is 20.2 Å². The molecule has 2 amide bonds. The maximum Gasteiger partial charge on any atom is 0.317 e. The molecule has 0 saturated carbocycles. The van der Waals surface area contributed by atoms with Crippen molar-refractivity contribution in [2.75, 3.05) is 31.6 Å². The number of likely N-dealkylation sites (N-methyl/N-ethyl adjacent to an activating group) is 1. The van der Waals surface area contributed by atoms with Gasteiger partial charge in [0.2, 0.25) is 0 Å². The Kier molecular flexibility index (Phi) is 3.16. The Balaban J connectivity index is 1.56. The lowest BCUT2D eigenvalue weighted by molar-refractivity contribution is 0.151. The van der Waals surface area contributed by atoms with Crippen LogP contribution >= 0.6 is 0 Å². The quantitative estimate of drug-likeness (QED) is 0.775. The van der Waals surface area contributed by atoms with Crippen LogP contribution in [0, 0.1) is 0 Å². The number of nitrogens with zero attached hydrogens (tertiary/aromatic N) is 4. The molecule has 0 unspecified atom stereocenters. The summed E-state index contributed by atoms with van der Waals surface area (Å²) in [6, 6.07) is 18.1. The highest BCUT2D eigenvalue weighted by atomic mass is 16.2. The molecule has 3 aromatic rings. The molecule has 6 nitrogen and oxygen atoms in total. The van der Waals surface area contributed by atoms with Gasteiger partial charge in [-0.3, -0.25) is 0 Å². The smallest absolute Gasteiger partial charge is 0.317 e. The molecule has 0 aliphatic carbocycles. The molecule has 26 heavy (non-hydrogen) atoms. The van der Waals surface area contributed by atoms with Gasteiger partial charge in [0.15, 0.2) is 5.82 Å². The average molecular weight is 345 g/mol. The first kappa shape index (κ1) is 15.1. The maximum atomic E-state index is 11.8. The van der Waals surface area contributed by atoms with Gasteiger partial charge in [0, 0.05) is 37.6 Å². The zero-order valence-electron chi connectivity index (χ0n) is 14.5. The van der Waals surface area contributed by atoms with Crippen LogP contribution in [0.15, 0.2) is 54.6 Å². The summed E-state index contributed by atoms with van der Waals surface area (Å²) in [5.74, 6) is 1.67. The normalized spacial score (nSPS) is 18.3. The average Bonchev–Trinajstić information content (AvgIpc) is 2.96. The summed E-state index contributed by atoms with van der Waals surface area (Å²) in [4.78, 5) is 25.5. The van der Waals surface area contributed by atoms with Gasteiger partial charge in [0.1, 0.15) is 5.82 Å². The molecular formula is C20H19N5O. The molecule has 0 atom stereocenters. The molecule has 1 N–H and O–H groups in total. The van der Waals surface area contributed by atoms with Gasteiger partial charge in [-0.1, -0.05) is 42.5 Å². The van der Waals surface area contributed by atoms with Crippen molar-refractivity contribution in [2.24, 2.45) is 0 Å². The molecule has 2 aromatic carbocycles. The topological polar surface area (TPSA) is 61.4 Å². The first-order chi connectivity index (χ1) is 12.7. The zero-order chi connectivity index (χ0) is 17.7. The fourth-order valence-electron chi connectivity index (χ4n) is 3.85. The molecule has 2 fully saturated rings.